The lowest BCUT2D eigenvalue weighted by Gasteiger charge is -2.32. The second-order valence-electron chi connectivity index (χ2n) is 6.63. The number of fused-ring (bicyclic) bond motifs is 1. The molecule has 136 valence electrons. The molecule has 0 aliphatic carbocycles. The first-order valence-electron chi connectivity index (χ1n) is 8.84. The van der Waals surface area contributed by atoms with Crippen molar-refractivity contribution in [3.8, 4) is 0 Å². The molecule has 3 aromatic rings. The van der Waals surface area contributed by atoms with E-state index in [1.54, 1.807) is 28.5 Å². The molecule has 1 aromatic carbocycles. The summed E-state index contributed by atoms with van der Waals surface area (Å²) in [6.45, 7) is 3.85. The predicted octanol–water partition coefficient (Wildman–Crippen LogP) is 2.23. The number of likely N-dealkylation sites (tertiary alicyclic amines) is 1. The zero-order valence-electron chi connectivity index (χ0n) is 14.9. The van der Waals surface area contributed by atoms with Gasteiger partial charge in [-0.2, -0.15) is 5.10 Å². The number of nitrogens with zero attached hydrogens (tertiary/aromatic N) is 5. The molecule has 0 spiro atoms. The quantitative estimate of drug-likeness (QED) is 0.708. The molecular weight excluding hydrogens is 350 g/mol. The Kier molecular flexibility index (Phi) is 4.36. The van der Waals surface area contributed by atoms with Crippen molar-refractivity contribution in [1.29, 1.82) is 0 Å². The minimum Gasteiger partial charge on any atom is -0.338 e. The molecule has 1 amide bonds. The molecular formula is C18H21N5O2S. The Hall–Kier alpha value is -2.48. The van der Waals surface area contributed by atoms with Crippen molar-refractivity contribution in [2.75, 3.05) is 13.1 Å². The lowest BCUT2D eigenvalue weighted by molar-refractivity contribution is 0.0703. The molecule has 1 fully saturated rings. The van der Waals surface area contributed by atoms with Crippen molar-refractivity contribution in [3.05, 3.63) is 45.6 Å². The van der Waals surface area contributed by atoms with E-state index < -0.39 is 0 Å². The van der Waals surface area contributed by atoms with Crippen LogP contribution in [-0.4, -0.2) is 43.2 Å². The highest BCUT2D eigenvalue weighted by molar-refractivity contribution is 7.16. The second kappa shape index (κ2) is 6.68. The summed E-state index contributed by atoms with van der Waals surface area (Å²) in [5.74, 6) is 0.892. The van der Waals surface area contributed by atoms with Crippen molar-refractivity contribution in [3.63, 3.8) is 0 Å². The molecule has 0 saturated carbocycles. The minimum atomic E-state index is -0.0973. The van der Waals surface area contributed by atoms with Crippen molar-refractivity contribution in [2.24, 2.45) is 7.05 Å². The molecule has 2 aromatic heterocycles. The number of rotatable bonds is 3. The first kappa shape index (κ1) is 17.0. The van der Waals surface area contributed by atoms with Crippen LogP contribution >= 0.6 is 11.3 Å². The molecule has 0 radical (unpaired) electrons. The van der Waals surface area contributed by atoms with E-state index in [9.17, 15) is 9.59 Å². The highest BCUT2D eigenvalue weighted by atomic mass is 32.1. The Morgan fingerprint density at radius 2 is 2.23 bits per heavy atom. The van der Waals surface area contributed by atoms with Crippen LogP contribution in [0.3, 0.4) is 0 Å². The maximum atomic E-state index is 13.0. The number of carbonyl (C=O) groups excluding carboxylic acids is 1. The smallest absolute Gasteiger partial charge is 0.338 e. The lowest BCUT2D eigenvalue weighted by atomic mass is 9.96. The number of amides is 1. The van der Waals surface area contributed by atoms with Crippen LogP contribution in [0.25, 0.3) is 10.2 Å². The van der Waals surface area contributed by atoms with Crippen LogP contribution in [0.2, 0.25) is 0 Å². The average Bonchev–Trinajstić information content (AvgIpc) is 3.25. The number of benzene rings is 1. The van der Waals surface area contributed by atoms with E-state index in [1.165, 1.54) is 4.68 Å². The Morgan fingerprint density at radius 1 is 1.38 bits per heavy atom. The Bertz CT molecular complexity index is 1020. The van der Waals surface area contributed by atoms with Gasteiger partial charge in [-0.15, -0.1) is 11.3 Å². The summed E-state index contributed by atoms with van der Waals surface area (Å²) in [5.41, 5.74) is 3.22. The van der Waals surface area contributed by atoms with Crippen LogP contribution in [-0.2, 0) is 13.6 Å². The fourth-order valence-corrected chi connectivity index (χ4v) is 4.33. The average molecular weight is 371 g/mol. The maximum Gasteiger partial charge on any atom is 0.345 e. The van der Waals surface area contributed by atoms with Gasteiger partial charge >= 0.3 is 5.69 Å². The summed E-state index contributed by atoms with van der Waals surface area (Å²) in [5, 5.41) is 4.43. The fourth-order valence-electron chi connectivity index (χ4n) is 3.67. The third kappa shape index (κ3) is 2.84. The molecule has 8 heteroatoms. The van der Waals surface area contributed by atoms with Crippen LogP contribution in [0.15, 0.2) is 28.5 Å². The van der Waals surface area contributed by atoms with E-state index in [4.69, 9.17) is 0 Å². The molecule has 0 bridgehead atoms. The van der Waals surface area contributed by atoms with Gasteiger partial charge in [0.25, 0.3) is 5.91 Å². The molecule has 1 aliphatic rings. The Balaban J connectivity index is 1.59. The van der Waals surface area contributed by atoms with Gasteiger partial charge in [0.1, 0.15) is 5.82 Å². The van der Waals surface area contributed by atoms with Crippen LogP contribution < -0.4 is 5.69 Å². The van der Waals surface area contributed by atoms with Gasteiger partial charge in [0.05, 0.1) is 15.7 Å². The van der Waals surface area contributed by atoms with Gasteiger partial charge in [-0.1, -0.05) is 0 Å². The number of carbonyl (C=O) groups is 1. The van der Waals surface area contributed by atoms with Crippen molar-refractivity contribution < 1.29 is 4.79 Å². The van der Waals surface area contributed by atoms with E-state index in [2.05, 4.69) is 10.1 Å². The number of hydrogen-bond acceptors (Lipinski definition) is 5. The van der Waals surface area contributed by atoms with Crippen LogP contribution in [0.5, 0.6) is 0 Å². The summed E-state index contributed by atoms with van der Waals surface area (Å²) >= 11 is 1.57. The lowest BCUT2D eigenvalue weighted by Crippen LogP contribution is -2.40. The van der Waals surface area contributed by atoms with E-state index in [0.717, 1.165) is 35.4 Å². The summed E-state index contributed by atoms with van der Waals surface area (Å²) in [7, 11) is 1.67. The van der Waals surface area contributed by atoms with Crippen LogP contribution in [0.1, 0.15) is 41.9 Å². The Morgan fingerprint density at radius 3 is 3.04 bits per heavy atom. The first-order chi connectivity index (χ1) is 12.6. The topological polar surface area (TPSA) is 73.0 Å². The third-order valence-electron chi connectivity index (χ3n) is 5.00. The zero-order valence-corrected chi connectivity index (χ0v) is 15.7. The molecule has 0 N–H and O–H groups in total. The SMILES string of the molecule is CCn1c(C2CCCN(C(=O)c3ccc4scnc4c3)C2)nn(C)c1=O. The van der Waals surface area contributed by atoms with E-state index in [0.29, 0.717) is 18.7 Å². The first-order valence-corrected chi connectivity index (χ1v) is 9.72. The summed E-state index contributed by atoms with van der Waals surface area (Å²) in [6.07, 6.45) is 1.84. The van der Waals surface area contributed by atoms with Gasteiger partial charge in [-0.25, -0.2) is 14.5 Å². The molecule has 4 rings (SSSR count). The van der Waals surface area contributed by atoms with Gasteiger partial charge in [0.15, 0.2) is 0 Å². The standard InChI is InChI=1S/C18H21N5O2S/c1-3-23-16(20-21(2)18(23)25)13-5-4-8-22(10-13)17(24)12-6-7-15-14(9-12)19-11-26-15/h6-7,9,11,13H,3-5,8,10H2,1-2H3. The summed E-state index contributed by atoms with van der Waals surface area (Å²) < 4.78 is 4.17. The van der Waals surface area contributed by atoms with Crippen molar-refractivity contribution >= 4 is 27.5 Å². The second-order valence-corrected chi connectivity index (χ2v) is 7.52. The highest BCUT2D eigenvalue weighted by Crippen LogP contribution is 2.27. The molecule has 1 atom stereocenters. The van der Waals surface area contributed by atoms with Crippen molar-refractivity contribution in [1.82, 2.24) is 24.2 Å². The van der Waals surface area contributed by atoms with Crippen LogP contribution in [0, 0.1) is 0 Å². The molecule has 1 unspecified atom stereocenters. The molecule has 1 aliphatic heterocycles. The van der Waals surface area contributed by atoms with Crippen LogP contribution in [0.4, 0.5) is 0 Å². The number of hydrogen-bond donors (Lipinski definition) is 0. The van der Waals surface area contributed by atoms with Gasteiger partial charge in [0.2, 0.25) is 0 Å². The number of aromatic nitrogens is 4. The molecule has 26 heavy (non-hydrogen) atoms. The summed E-state index contributed by atoms with van der Waals surface area (Å²) in [6, 6.07) is 5.69. The minimum absolute atomic E-state index is 0.0194. The normalized spacial score (nSPS) is 17.8. The monoisotopic (exact) mass is 371 g/mol. The van der Waals surface area contributed by atoms with Gasteiger partial charge in [-0.05, 0) is 38.0 Å². The molecule has 1 saturated heterocycles. The number of aryl methyl sites for hydroxylation is 1. The van der Waals surface area contributed by atoms with E-state index in [1.807, 2.05) is 30.0 Å². The number of thiazole rings is 1. The highest BCUT2D eigenvalue weighted by Gasteiger charge is 2.29. The van der Waals surface area contributed by atoms with E-state index >= 15 is 0 Å². The van der Waals surface area contributed by atoms with Gasteiger partial charge < -0.3 is 4.90 Å². The van der Waals surface area contributed by atoms with E-state index in [-0.39, 0.29) is 17.5 Å². The zero-order chi connectivity index (χ0) is 18.3. The largest absolute Gasteiger partial charge is 0.345 e. The van der Waals surface area contributed by atoms with Gasteiger partial charge in [-0.3, -0.25) is 9.36 Å². The molecule has 7 nitrogen and oxygen atoms in total. The number of piperidine rings is 1. The fraction of sp³-hybridized carbons (Fsp3) is 0.444. The summed E-state index contributed by atoms with van der Waals surface area (Å²) in [4.78, 5) is 31.3. The molecule has 3 heterocycles. The Labute approximate surface area is 154 Å². The predicted molar refractivity (Wildman–Crippen MR) is 101 cm³/mol. The third-order valence-corrected chi connectivity index (χ3v) is 5.81. The van der Waals surface area contributed by atoms with Gasteiger partial charge in [0, 0.05) is 38.2 Å². The van der Waals surface area contributed by atoms with Crippen molar-refractivity contribution in [2.45, 2.75) is 32.2 Å². The maximum absolute atomic E-state index is 13.0.